The lowest BCUT2D eigenvalue weighted by molar-refractivity contribution is 1.19. The van der Waals surface area contributed by atoms with Crippen LogP contribution in [0.3, 0.4) is 0 Å². The minimum atomic E-state index is 1.19. The van der Waals surface area contributed by atoms with Gasteiger partial charge in [0, 0.05) is 52.8 Å². The molecule has 0 aliphatic rings. The average molecular weight is 691 g/mol. The van der Waals surface area contributed by atoms with Crippen molar-refractivity contribution in [3.63, 3.8) is 0 Å². The van der Waals surface area contributed by atoms with Gasteiger partial charge in [-0.25, -0.2) is 0 Å². The predicted octanol–water partition coefficient (Wildman–Crippen LogP) is 14.2. The van der Waals surface area contributed by atoms with Crippen LogP contribution in [0.2, 0.25) is 0 Å². The Bertz CT molecular complexity index is 3470. The van der Waals surface area contributed by atoms with Gasteiger partial charge in [-0.2, -0.15) is 0 Å². The molecule has 2 nitrogen and oxygen atoms in total. The standard InChI is InChI=1S/C50H30N2S/c1-2-12-35-33(11-1)29-48(37-14-4-3-13-36(35)37)52-45-19-9-5-15-38(45)40-24-21-32(28-47(40)52)31-22-25-46-42(27-31)39-16-6-8-18-44(39)51(46)34-23-26-50-43(30-34)41-17-7-10-20-49(41)53-50/h1-30H. The van der Waals surface area contributed by atoms with Crippen LogP contribution in [-0.4, -0.2) is 9.13 Å². The predicted molar refractivity (Wildman–Crippen MR) is 228 cm³/mol. The summed E-state index contributed by atoms with van der Waals surface area (Å²) in [6.07, 6.45) is 0. The summed E-state index contributed by atoms with van der Waals surface area (Å²) >= 11 is 1.87. The highest BCUT2D eigenvalue weighted by Crippen LogP contribution is 2.41. The molecule has 53 heavy (non-hydrogen) atoms. The number of fused-ring (bicyclic) bond motifs is 12. The smallest absolute Gasteiger partial charge is 0.0547 e. The van der Waals surface area contributed by atoms with Crippen LogP contribution in [0.5, 0.6) is 0 Å². The van der Waals surface area contributed by atoms with Crippen LogP contribution in [0.1, 0.15) is 0 Å². The Morgan fingerprint density at radius 2 is 0.887 bits per heavy atom. The van der Waals surface area contributed by atoms with Gasteiger partial charge in [0.05, 0.1) is 27.8 Å². The summed E-state index contributed by atoms with van der Waals surface area (Å²) in [4.78, 5) is 0. The molecule has 0 aliphatic carbocycles. The highest BCUT2D eigenvalue weighted by atomic mass is 32.1. The number of nitrogens with zero attached hydrogens (tertiary/aromatic N) is 2. The molecule has 3 heteroatoms. The number of rotatable bonds is 3. The van der Waals surface area contributed by atoms with Gasteiger partial charge >= 0.3 is 0 Å². The van der Waals surface area contributed by atoms with Gasteiger partial charge in [0.25, 0.3) is 0 Å². The Labute approximate surface area is 309 Å². The summed E-state index contributed by atoms with van der Waals surface area (Å²) in [5.74, 6) is 0. The molecule has 0 atom stereocenters. The van der Waals surface area contributed by atoms with Gasteiger partial charge in [0.1, 0.15) is 0 Å². The molecule has 3 heterocycles. The fourth-order valence-corrected chi connectivity index (χ4v) is 10.00. The third kappa shape index (κ3) is 4.14. The molecule has 0 amide bonds. The Hall–Kier alpha value is -6.68. The topological polar surface area (TPSA) is 9.86 Å². The number of hydrogen-bond acceptors (Lipinski definition) is 1. The molecule has 0 radical (unpaired) electrons. The first-order valence-electron chi connectivity index (χ1n) is 18.2. The minimum absolute atomic E-state index is 1.19. The second-order valence-electron chi connectivity index (χ2n) is 14.1. The van der Waals surface area contributed by atoms with Crippen molar-refractivity contribution in [2.24, 2.45) is 0 Å². The second-order valence-corrected chi connectivity index (χ2v) is 15.2. The van der Waals surface area contributed by atoms with E-state index in [0.29, 0.717) is 0 Å². The molecule has 3 aromatic heterocycles. The van der Waals surface area contributed by atoms with Gasteiger partial charge in [0.15, 0.2) is 0 Å². The zero-order valence-electron chi connectivity index (χ0n) is 28.6. The zero-order chi connectivity index (χ0) is 34.6. The lowest BCUT2D eigenvalue weighted by Gasteiger charge is -2.15. The number of hydrogen-bond donors (Lipinski definition) is 0. The largest absolute Gasteiger partial charge is 0.309 e. The highest BCUT2D eigenvalue weighted by Gasteiger charge is 2.18. The van der Waals surface area contributed by atoms with E-state index in [4.69, 9.17) is 0 Å². The Morgan fingerprint density at radius 3 is 1.74 bits per heavy atom. The molecular weight excluding hydrogens is 661 g/mol. The summed E-state index contributed by atoms with van der Waals surface area (Å²) in [5, 5.41) is 12.7. The van der Waals surface area contributed by atoms with Crippen LogP contribution in [0.25, 0.3) is 108 Å². The van der Waals surface area contributed by atoms with Crippen molar-refractivity contribution in [1.29, 1.82) is 0 Å². The van der Waals surface area contributed by atoms with Crippen LogP contribution in [0, 0.1) is 0 Å². The second kappa shape index (κ2) is 10.9. The van der Waals surface area contributed by atoms with Crippen molar-refractivity contribution in [2.75, 3.05) is 0 Å². The molecule has 0 fully saturated rings. The van der Waals surface area contributed by atoms with Crippen LogP contribution in [-0.2, 0) is 0 Å². The molecule has 0 unspecified atom stereocenters. The van der Waals surface area contributed by atoms with Gasteiger partial charge < -0.3 is 9.13 Å². The molecular formula is C50H30N2S. The molecule has 9 aromatic carbocycles. The van der Waals surface area contributed by atoms with E-state index >= 15 is 0 Å². The number of para-hydroxylation sites is 2. The Morgan fingerprint density at radius 1 is 0.302 bits per heavy atom. The van der Waals surface area contributed by atoms with E-state index in [1.807, 2.05) is 11.3 Å². The first kappa shape index (κ1) is 29.0. The minimum Gasteiger partial charge on any atom is -0.309 e. The molecule has 246 valence electrons. The highest BCUT2D eigenvalue weighted by molar-refractivity contribution is 7.25. The first-order chi connectivity index (χ1) is 26.3. The van der Waals surface area contributed by atoms with E-state index in [1.165, 1.54) is 108 Å². The summed E-state index contributed by atoms with van der Waals surface area (Å²) in [7, 11) is 0. The fraction of sp³-hybridized carbons (Fsp3) is 0. The quantitative estimate of drug-likeness (QED) is 0.163. The van der Waals surface area contributed by atoms with Gasteiger partial charge in [-0.15, -0.1) is 11.3 Å². The van der Waals surface area contributed by atoms with Crippen LogP contribution < -0.4 is 0 Å². The van der Waals surface area contributed by atoms with E-state index in [0.717, 1.165) is 0 Å². The van der Waals surface area contributed by atoms with Crippen LogP contribution in [0.15, 0.2) is 182 Å². The maximum atomic E-state index is 2.48. The zero-order valence-corrected chi connectivity index (χ0v) is 29.4. The van der Waals surface area contributed by atoms with E-state index < -0.39 is 0 Å². The molecule has 0 saturated heterocycles. The third-order valence-corrected chi connectivity index (χ3v) is 12.4. The molecule has 0 aliphatic heterocycles. The summed E-state index contributed by atoms with van der Waals surface area (Å²) in [6, 6.07) is 67.3. The monoisotopic (exact) mass is 690 g/mol. The lowest BCUT2D eigenvalue weighted by atomic mass is 9.99. The van der Waals surface area contributed by atoms with Gasteiger partial charge in [-0.05, 0) is 87.9 Å². The van der Waals surface area contributed by atoms with E-state index in [-0.39, 0.29) is 0 Å². The fourth-order valence-electron chi connectivity index (χ4n) is 8.91. The lowest BCUT2D eigenvalue weighted by Crippen LogP contribution is -1.96. The molecule has 0 spiro atoms. The van der Waals surface area contributed by atoms with Crippen molar-refractivity contribution in [1.82, 2.24) is 9.13 Å². The summed E-state index contributed by atoms with van der Waals surface area (Å²) in [6.45, 7) is 0. The normalized spacial score (nSPS) is 12.2. The Balaban J connectivity index is 1.09. The number of thiophene rings is 1. The first-order valence-corrected chi connectivity index (χ1v) is 19.0. The van der Waals surface area contributed by atoms with Gasteiger partial charge in [-0.1, -0.05) is 121 Å². The van der Waals surface area contributed by atoms with Crippen molar-refractivity contribution < 1.29 is 0 Å². The molecule has 12 aromatic rings. The summed E-state index contributed by atoms with van der Waals surface area (Å²) in [5.41, 5.74) is 9.67. The number of aromatic nitrogens is 2. The molecule has 0 saturated carbocycles. The van der Waals surface area contributed by atoms with Crippen molar-refractivity contribution in [3.05, 3.63) is 182 Å². The van der Waals surface area contributed by atoms with Crippen molar-refractivity contribution in [2.45, 2.75) is 0 Å². The van der Waals surface area contributed by atoms with Crippen LogP contribution in [0.4, 0.5) is 0 Å². The number of benzene rings is 9. The maximum absolute atomic E-state index is 2.48. The SMILES string of the molecule is c1ccc2c(c1)cc(-n1c3ccccc3c3ccc(-c4ccc5c(c4)c4ccccc4n5-c4ccc5sc6ccccc6c5c4)cc31)c1ccccc12. The van der Waals surface area contributed by atoms with Crippen molar-refractivity contribution >= 4 is 96.7 Å². The third-order valence-electron chi connectivity index (χ3n) is 11.3. The van der Waals surface area contributed by atoms with Gasteiger partial charge in [-0.3, -0.25) is 0 Å². The van der Waals surface area contributed by atoms with Gasteiger partial charge in [0.2, 0.25) is 0 Å². The molecule has 12 rings (SSSR count). The maximum Gasteiger partial charge on any atom is 0.0547 e. The van der Waals surface area contributed by atoms with E-state index in [2.05, 4.69) is 191 Å². The average Bonchev–Trinajstić information content (AvgIpc) is 3.87. The molecule has 0 bridgehead atoms. The van der Waals surface area contributed by atoms with E-state index in [1.54, 1.807) is 0 Å². The Kier molecular flexibility index (Phi) is 5.96. The van der Waals surface area contributed by atoms with Crippen molar-refractivity contribution in [3.8, 4) is 22.5 Å². The van der Waals surface area contributed by atoms with E-state index in [9.17, 15) is 0 Å². The van der Waals surface area contributed by atoms with Crippen LogP contribution >= 0.6 is 11.3 Å². The molecule has 0 N–H and O–H groups in total. The summed E-state index contributed by atoms with van der Waals surface area (Å²) < 4.78 is 7.57.